The van der Waals surface area contributed by atoms with Crippen molar-refractivity contribution in [1.82, 2.24) is 0 Å². The summed E-state index contributed by atoms with van der Waals surface area (Å²) in [5.41, 5.74) is 0.980. The maximum absolute atomic E-state index is 5.41. The fraction of sp³-hybridized carbons (Fsp3) is 0.111. The molecule has 1 rings (SSSR count). The van der Waals surface area contributed by atoms with Crippen molar-refractivity contribution in [3.8, 4) is 11.8 Å². The summed E-state index contributed by atoms with van der Waals surface area (Å²) in [6, 6.07) is 7.81. The Balaban J connectivity index is 2.95. The van der Waals surface area contributed by atoms with Gasteiger partial charge in [0.15, 0.2) is 0 Å². The first-order valence-corrected chi connectivity index (χ1v) is 4.46. The molecule has 0 aromatic heterocycles. The van der Waals surface area contributed by atoms with E-state index in [9.17, 15) is 0 Å². The molecule has 0 saturated carbocycles. The molecule has 0 unspecified atom stereocenters. The second-order valence-electron chi connectivity index (χ2n) is 1.92. The quantitative estimate of drug-likeness (QED) is 0.474. The van der Waals surface area contributed by atoms with Crippen LogP contribution in [0.15, 0.2) is 28.7 Å². The zero-order valence-corrected chi connectivity index (χ0v) is 8.11. The van der Waals surface area contributed by atoms with E-state index in [4.69, 9.17) is 11.6 Å². The fourth-order valence-corrected chi connectivity index (χ4v) is 1.14. The van der Waals surface area contributed by atoms with Crippen LogP contribution in [-0.2, 0) is 0 Å². The summed E-state index contributed by atoms with van der Waals surface area (Å²) in [7, 11) is 0. The third-order valence-electron chi connectivity index (χ3n) is 1.16. The lowest BCUT2D eigenvalue weighted by molar-refractivity contribution is 1.59. The maximum atomic E-state index is 5.41. The molecule has 0 aliphatic rings. The van der Waals surface area contributed by atoms with Crippen LogP contribution < -0.4 is 0 Å². The number of rotatable bonds is 0. The summed E-state index contributed by atoms with van der Waals surface area (Å²) in [6.07, 6.45) is 0. The van der Waals surface area contributed by atoms with Crippen LogP contribution in [-0.4, -0.2) is 5.88 Å². The van der Waals surface area contributed by atoms with Crippen molar-refractivity contribution in [2.45, 2.75) is 0 Å². The highest BCUT2D eigenvalue weighted by Gasteiger charge is 1.90. The van der Waals surface area contributed by atoms with E-state index >= 15 is 0 Å². The van der Waals surface area contributed by atoms with E-state index in [1.807, 2.05) is 24.3 Å². The summed E-state index contributed by atoms with van der Waals surface area (Å²) in [5, 5.41) is 0. The third-order valence-corrected chi connectivity index (χ3v) is 1.99. The van der Waals surface area contributed by atoms with E-state index in [0.717, 1.165) is 10.0 Å². The first-order valence-electron chi connectivity index (χ1n) is 3.14. The zero-order valence-electron chi connectivity index (χ0n) is 5.77. The van der Waals surface area contributed by atoms with Crippen molar-refractivity contribution in [3.05, 3.63) is 34.3 Å². The first-order chi connectivity index (χ1) is 5.34. The van der Waals surface area contributed by atoms with Gasteiger partial charge in [-0.2, -0.15) is 0 Å². The molecule has 1 aromatic rings. The molecule has 0 amide bonds. The third kappa shape index (κ3) is 2.57. The van der Waals surface area contributed by atoms with E-state index in [0.29, 0.717) is 5.88 Å². The molecule has 0 heterocycles. The number of hydrogen-bond donors (Lipinski definition) is 0. The van der Waals surface area contributed by atoms with Crippen molar-refractivity contribution < 1.29 is 0 Å². The molecule has 1 aromatic carbocycles. The SMILES string of the molecule is ClCC#Cc1ccccc1Br. The Morgan fingerprint density at radius 1 is 1.36 bits per heavy atom. The smallest absolute Gasteiger partial charge is 0.0839 e. The Bertz CT molecular complexity index is 296. The predicted octanol–water partition coefficient (Wildman–Crippen LogP) is 3.04. The lowest BCUT2D eigenvalue weighted by Gasteiger charge is -1.91. The molecule has 0 spiro atoms. The Morgan fingerprint density at radius 2 is 2.09 bits per heavy atom. The molecule has 0 saturated heterocycles. The average Bonchev–Trinajstić information content (AvgIpc) is 2.03. The average molecular weight is 230 g/mol. The molecule has 0 nitrogen and oxygen atoms in total. The van der Waals surface area contributed by atoms with Crippen LogP contribution in [0.2, 0.25) is 0 Å². The molecule has 0 fully saturated rings. The van der Waals surface area contributed by atoms with E-state index in [1.165, 1.54) is 0 Å². The highest BCUT2D eigenvalue weighted by atomic mass is 79.9. The van der Waals surface area contributed by atoms with Gasteiger partial charge in [-0.05, 0) is 28.1 Å². The van der Waals surface area contributed by atoms with Gasteiger partial charge in [0.2, 0.25) is 0 Å². The van der Waals surface area contributed by atoms with Gasteiger partial charge in [0.1, 0.15) is 0 Å². The minimum atomic E-state index is 0.376. The minimum absolute atomic E-state index is 0.376. The van der Waals surface area contributed by atoms with Gasteiger partial charge >= 0.3 is 0 Å². The number of alkyl halides is 1. The van der Waals surface area contributed by atoms with E-state index in [1.54, 1.807) is 0 Å². The van der Waals surface area contributed by atoms with E-state index < -0.39 is 0 Å². The van der Waals surface area contributed by atoms with Gasteiger partial charge in [-0.25, -0.2) is 0 Å². The van der Waals surface area contributed by atoms with Crippen molar-refractivity contribution in [2.75, 3.05) is 5.88 Å². The monoisotopic (exact) mass is 228 g/mol. The Labute approximate surface area is 79.7 Å². The lowest BCUT2D eigenvalue weighted by atomic mass is 10.2. The van der Waals surface area contributed by atoms with Crippen molar-refractivity contribution in [2.24, 2.45) is 0 Å². The van der Waals surface area contributed by atoms with Crippen molar-refractivity contribution in [1.29, 1.82) is 0 Å². The van der Waals surface area contributed by atoms with E-state index in [-0.39, 0.29) is 0 Å². The summed E-state index contributed by atoms with van der Waals surface area (Å²) < 4.78 is 1.01. The van der Waals surface area contributed by atoms with Crippen molar-refractivity contribution >= 4 is 27.5 Å². The highest BCUT2D eigenvalue weighted by Crippen LogP contribution is 2.13. The molecule has 56 valence electrons. The standard InChI is InChI=1S/C9H6BrCl/c10-9-6-2-1-4-8(9)5-3-7-11/h1-2,4,6H,7H2. The van der Waals surface area contributed by atoms with Crippen LogP contribution in [0.25, 0.3) is 0 Å². The molecule has 0 N–H and O–H groups in total. The summed E-state index contributed by atoms with van der Waals surface area (Å²) in [5.74, 6) is 6.10. The molecule has 2 heteroatoms. The largest absolute Gasteiger partial charge is 0.113 e. The van der Waals surface area contributed by atoms with Gasteiger partial charge in [0, 0.05) is 10.0 Å². The topological polar surface area (TPSA) is 0 Å². The molecule has 0 aliphatic heterocycles. The van der Waals surface area contributed by atoms with Crippen LogP contribution in [0.4, 0.5) is 0 Å². The Hall–Kier alpha value is -0.450. The van der Waals surface area contributed by atoms with Gasteiger partial charge in [-0.1, -0.05) is 24.0 Å². The number of hydrogen-bond acceptors (Lipinski definition) is 0. The molecule has 0 bridgehead atoms. The van der Waals surface area contributed by atoms with Gasteiger partial charge in [-0.15, -0.1) is 11.6 Å². The highest BCUT2D eigenvalue weighted by molar-refractivity contribution is 9.10. The fourth-order valence-electron chi connectivity index (χ4n) is 0.691. The molecular formula is C9H6BrCl. The molecule has 0 aliphatic carbocycles. The van der Waals surface area contributed by atoms with Gasteiger partial charge < -0.3 is 0 Å². The number of benzene rings is 1. The van der Waals surface area contributed by atoms with Crippen LogP contribution in [0.1, 0.15) is 5.56 Å². The zero-order chi connectivity index (χ0) is 8.10. The van der Waals surface area contributed by atoms with Crippen LogP contribution >= 0.6 is 27.5 Å². The van der Waals surface area contributed by atoms with Crippen LogP contribution in [0.5, 0.6) is 0 Å². The normalized spacial score (nSPS) is 8.55. The Morgan fingerprint density at radius 3 is 2.73 bits per heavy atom. The second-order valence-corrected chi connectivity index (χ2v) is 3.04. The molecular weight excluding hydrogens is 223 g/mol. The predicted molar refractivity (Wildman–Crippen MR) is 51.7 cm³/mol. The van der Waals surface area contributed by atoms with Gasteiger partial charge in [0.05, 0.1) is 5.88 Å². The van der Waals surface area contributed by atoms with Crippen LogP contribution in [0, 0.1) is 11.8 Å². The molecule has 11 heavy (non-hydrogen) atoms. The first kappa shape index (κ1) is 8.64. The Kier molecular flexibility index (Phi) is 3.48. The maximum Gasteiger partial charge on any atom is 0.0839 e. The van der Waals surface area contributed by atoms with E-state index in [2.05, 4.69) is 27.8 Å². The summed E-state index contributed by atoms with van der Waals surface area (Å²) in [4.78, 5) is 0. The van der Waals surface area contributed by atoms with Crippen LogP contribution in [0.3, 0.4) is 0 Å². The van der Waals surface area contributed by atoms with Crippen molar-refractivity contribution in [3.63, 3.8) is 0 Å². The minimum Gasteiger partial charge on any atom is -0.113 e. The lowest BCUT2D eigenvalue weighted by Crippen LogP contribution is -1.75. The summed E-state index contributed by atoms with van der Waals surface area (Å²) >= 11 is 8.80. The molecule has 0 radical (unpaired) electrons. The number of halogens is 2. The van der Waals surface area contributed by atoms with Gasteiger partial charge in [0.25, 0.3) is 0 Å². The summed E-state index contributed by atoms with van der Waals surface area (Å²) in [6.45, 7) is 0. The van der Waals surface area contributed by atoms with Gasteiger partial charge in [-0.3, -0.25) is 0 Å². The second kappa shape index (κ2) is 4.43. The molecule has 0 atom stereocenters.